The zero-order chi connectivity index (χ0) is 19.3. The van der Waals surface area contributed by atoms with E-state index in [1.165, 1.54) is 49.6 Å². The lowest BCUT2D eigenvalue weighted by atomic mass is 10.1. The zero-order valence-corrected chi connectivity index (χ0v) is 15.6. The number of methoxy groups -OCH3 is 1. The van der Waals surface area contributed by atoms with Crippen LogP contribution in [-0.2, 0) is 10.0 Å². The van der Waals surface area contributed by atoms with Crippen molar-refractivity contribution in [3.63, 3.8) is 0 Å². The summed E-state index contributed by atoms with van der Waals surface area (Å²) in [5.41, 5.74) is 0.749. The van der Waals surface area contributed by atoms with Gasteiger partial charge in [0.15, 0.2) is 0 Å². The SMILES string of the molecule is CCNC(=O)c1cc(S(=O)(=O)NC(C)c2ccc(F)cc2)ccc1OC. The first-order valence-electron chi connectivity index (χ1n) is 8.02. The summed E-state index contributed by atoms with van der Waals surface area (Å²) < 4.78 is 46.0. The van der Waals surface area contributed by atoms with Crippen molar-refractivity contribution < 1.29 is 22.3 Å². The van der Waals surface area contributed by atoms with Gasteiger partial charge < -0.3 is 10.1 Å². The number of amides is 1. The Morgan fingerprint density at radius 3 is 2.42 bits per heavy atom. The van der Waals surface area contributed by atoms with Crippen molar-refractivity contribution in [2.45, 2.75) is 24.8 Å². The highest BCUT2D eigenvalue weighted by atomic mass is 32.2. The van der Waals surface area contributed by atoms with Crippen LogP contribution in [0.5, 0.6) is 5.75 Å². The molecule has 1 amide bonds. The third-order valence-corrected chi connectivity index (χ3v) is 5.30. The number of rotatable bonds is 7. The molecule has 0 saturated heterocycles. The second-order valence-electron chi connectivity index (χ2n) is 5.62. The molecule has 0 radical (unpaired) electrons. The minimum atomic E-state index is -3.89. The Labute approximate surface area is 152 Å². The van der Waals surface area contributed by atoms with Gasteiger partial charge in [-0.25, -0.2) is 17.5 Å². The molecule has 0 heterocycles. The molecule has 0 aromatic heterocycles. The number of hydrogen-bond donors (Lipinski definition) is 2. The normalized spacial score (nSPS) is 12.5. The number of halogens is 1. The van der Waals surface area contributed by atoms with E-state index in [0.29, 0.717) is 12.1 Å². The standard InChI is InChI=1S/C18H21FN2O4S/c1-4-20-18(22)16-11-15(9-10-17(16)25-3)26(23,24)21-12(2)13-5-7-14(19)8-6-13/h5-12,21H,4H2,1-3H3,(H,20,22). The summed E-state index contributed by atoms with van der Waals surface area (Å²) in [7, 11) is -2.49. The molecule has 0 saturated carbocycles. The molecular weight excluding hydrogens is 359 g/mol. The zero-order valence-electron chi connectivity index (χ0n) is 14.7. The van der Waals surface area contributed by atoms with Crippen molar-refractivity contribution in [1.29, 1.82) is 0 Å². The molecule has 26 heavy (non-hydrogen) atoms. The number of ether oxygens (including phenoxy) is 1. The summed E-state index contributed by atoms with van der Waals surface area (Å²) in [5.74, 6) is -0.542. The summed E-state index contributed by atoms with van der Waals surface area (Å²) in [4.78, 5) is 12.1. The van der Waals surface area contributed by atoms with E-state index >= 15 is 0 Å². The summed E-state index contributed by atoms with van der Waals surface area (Å²) in [6.07, 6.45) is 0. The van der Waals surface area contributed by atoms with Crippen LogP contribution in [0, 0.1) is 5.82 Å². The minimum absolute atomic E-state index is 0.0616. The topological polar surface area (TPSA) is 84.5 Å². The predicted octanol–water partition coefficient (Wildman–Crippen LogP) is 2.62. The smallest absolute Gasteiger partial charge is 0.255 e. The molecule has 2 N–H and O–H groups in total. The summed E-state index contributed by atoms with van der Waals surface area (Å²) in [6.45, 7) is 3.81. The molecule has 6 nitrogen and oxygen atoms in total. The van der Waals surface area contributed by atoms with Crippen LogP contribution < -0.4 is 14.8 Å². The van der Waals surface area contributed by atoms with Crippen molar-refractivity contribution in [2.24, 2.45) is 0 Å². The van der Waals surface area contributed by atoms with Crippen LogP contribution in [0.2, 0.25) is 0 Å². The van der Waals surface area contributed by atoms with E-state index in [4.69, 9.17) is 4.74 Å². The average molecular weight is 380 g/mol. The van der Waals surface area contributed by atoms with E-state index in [-0.39, 0.29) is 16.2 Å². The first-order chi connectivity index (χ1) is 12.3. The molecular formula is C18H21FN2O4S. The highest BCUT2D eigenvalue weighted by molar-refractivity contribution is 7.89. The van der Waals surface area contributed by atoms with Crippen molar-refractivity contribution in [1.82, 2.24) is 10.0 Å². The molecule has 0 aliphatic rings. The second-order valence-corrected chi connectivity index (χ2v) is 7.33. The van der Waals surface area contributed by atoms with E-state index in [1.54, 1.807) is 13.8 Å². The molecule has 1 unspecified atom stereocenters. The van der Waals surface area contributed by atoms with Crippen LogP contribution in [0.3, 0.4) is 0 Å². The largest absolute Gasteiger partial charge is 0.496 e. The third-order valence-electron chi connectivity index (χ3n) is 3.77. The fraction of sp³-hybridized carbons (Fsp3) is 0.278. The Balaban J connectivity index is 2.31. The van der Waals surface area contributed by atoms with Crippen LogP contribution in [0.1, 0.15) is 35.8 Å². The molecule has 140 valence electrons. The lowest BCUT2D eigenvalue weighted by Crippen LogP contribution is -2.28. The van der Waals surface area contributed by atoms with Gasteiger partial charge in [0.2, 0.25) is 10.0 Å². The fourth-order valence-electron chi connectivity index (χ4n) is 2.41. The maximum atomic E-state index is 13.0. The van der Waals surface area contributed by atoms with Gasteiger partial charge in [0.25, 0.3) is 5.91 Å². The molecule has 2 rings (SSSR count). The highest BCUT2D eigenvalue weighted by Crippen LogP contribution is 2.24. The molecule has 0 bridgehead atoms. The summed E-state index contributed by atoms with van der Waals surface area (Å²) in [5, 5.41) is 2.62. The van der Waals surface area contributed by atoms with Gasteiger partial charge in [-0.3, -0.25) is 4.79 Å². The molecule has 0 spiro atoms. The highest BCUT2D eigenvalue weighted by Gasteiger charge is 2.22. The Morgan fingerprint density at radius 2 is 1.85 bits per heavy atom. The van der Waals surface area contributed by atoms with Gasteiger partial charge in [0, 0.05) is 12.6 Å². The predicted molar refractivity (Wildman–Crippen MR) is 96.1 cm³/mol. The van der Waals surface area contributed by atoms with Gasteiger partial charge in [-0.2, -0.15) is 0 Å². The number of carbonyl (C=O) groups is 1. The number of sulfonamides is 1. The number of hydrogen-bond acceptors (Lipinski definition) is 4. The third kappa shape index (κ3) is 4.59. The number of nitrogens with one attached hydrogen (secondary N) is 2. The Morgan fingerprint density at radius 1 is 1.19 bits per heavy atom. The molecule has 8 heteroatoms. The fourth-order valence-corrected chi connectivity index (χ4v) is 3.67. The van der Waals surface area contributed by atoms with Crippen molar-refractivity contribution in [3.8, 4) is 5.75 Å². The lowest BCUT2D eigenvalue weighted by Gasteiger charge is -2.16. The van der Waals surface area contributed by atoms with E-state index in [9.17, 15) is 17.6 Å². The van der Waals surface area contributed by atoms with Gasteiger partial charge in [-0.05, 0) is 49.7 Å². The van der Waals surface area contributed by atoms with Crippen LogP contribution in [0.4, 0.5) is 4.39 Å². The van der Waals surface area contributed by atoms with Gasteiger partial charge in [0.1, 0.15) is 11.6 Å². The van der Waals surface area contributed by atoms with E-state index in [2.05, 4.69) is 10.0 Å². The molecule has 2 aromatic carbocycles. The van der Waals surface area contributed by atoms with Crippen LogP contribution in [0.25, 0.3) is 0 Å². The Kier molecular flexibility index (Phi) is 6.33. The van der Waals surface area contributed by atoms with E-state index < -0.39 is 27.8 Å². The minimum Gasteiger partial charge on any atom is -0.496 e. The first kappa shape index (κ1) is 19.9. The maximum Gasteiger partial charge on any atom is 0.255 e. The van der Waals surface area contributed by atoms with Gasteiger partial charge in [-0.15, -0.1) is 0 Å². The van der Waals surface area contributed by atoms with Crippen LogP contribution in [-0.4, -0.2) is 28.0 Å². The number of carbonyl (C=O) groups excluding carboxylic acids is 1. The maximum absolute atomic E-state index is 13.0. The van der Waals surface area contributed by atoms with Crippen LogP contribution in [0.15, 0.2) is 47.4 Å². The van der Waals surface area contributed by atoms with Crippen molar-refractivity contribution in [3.05, 3.63) is 59.4 Å². The Hall–Kier alpha value is -2.45. The van der Waals surface area contributed by atoms with Gasteiger partial charge >= 0.3 is 0 Å². The monoisotopic (exact) mass is 380 g/mol. The summed E-state index contributed by atoms with van der Waals surface area (Å²) in [6, 6.07) is 9.04. The first-order valence-corrected chi connectivity index (χ1v) is 9.50. The van der Waals surface area contributed by atoms with Crippen molar-refractivity contribution in [2.75, 3.05) is 13.7 Å². The van der Waals surface area contributed by atoms with Crippen LogP contribution >= 0.6 is 0 Å². The summed E-state index contributed by atoms with van der Waals surface area (Å²) >= 11 is 0. The van der Waals surface area contributed by atoms with E-state index in [0.717, 1.165) is 0 Å². The number of benzene rings is 2. The lowest BCUT2D eigenvalue weighted by molar-refractivity contribution is 0.0952. The molecule has 0 aliphatic carbocycles. The van der Waals surface area contributed by atoms with Gasteiger partial charge in [0.05, 0.1) is 17.6 Å². The molecule has 0 fully saturated rings. The Bertz CT molecular complexity index is 883. The second kappa shape index (κ2) is 8.29. The quantitative estimate of drug-likeness (QED) is 0.773. The van der Waals surface area contributed by atoms with Crippen molar-refractivity contribution >= 4 is 15.9 Å². The van der Waals surface area contributed by atoms with E-state index in [1.807, 2.05) is 0 Å². The molecule has 2 aromatic rings. The van der Waals surface area contributed by atoms with Gasteiger partial charge in [-0.1, -0.05) is 12.1 Å². The molecule has 0 aliphatic heterocycles. The molecule has 1 atom stereocenters. The average Bonchev–Trinajstić information content (AvgIpc) is 2.61.